The average Bonchev–Trinajstić information content (AvgIpc) is 2.46. The number of nitrogens with zero attached hydrogens (tertiary/aromatic N) is 1. The van der Waals surface area contributed by atoms with Crippen LogP contribution in [-0.2, 0) is 4.79 Å². The first kappa shape index (κ1) is 16.0. The Morgan fingerprint density at radius 2 is 2.11 bits per heavy atom. The van der Waals surface area contributed by atoms with Gasteiger partial charge in [-0.05, 0) is 25.7 Å². The number of terminal acetylenes is 1. The Bertz CT molecular complexity index is 305. The summed E-state index contributed by atoms with van der Waals surface area (Å²) in [4.78, 5) is 14.1. The highest BCUT2D eigenvalue weighted by molar-refractivity contribution is 5.77. The predicted molar refractivity (Wildman–Crippen MR) is 78.6 cm³/mol. The highest BCUT2D eigenvalue weighted by atomic mass is 16.2. The summed E-state index contributed by atoms with van der Waals surface area (Å²) >= 11 is 0. The van der Waals surface area contributed by atoms with E-state index in [0.29, 0.717) is 13.0 Å². The van der Waals surface area contributed by atoms with E-state index in [1.807, 2.05) is 4.90 Å². The van der Waals surface area contributed by atoms with Crippen molar-refractivity contribution in [1.29, 1.82) is 0 Å². The van der Waals surface area contributed by atoms with Crippen molar-refractivity contribution in [3.05, 3.63) is 0 Å². The zero-order valence-corrected chi connectivity index (χ0v) is 12.0. The second-order valence-electron chi connectivity index (χ2n) is 5.25. The van der Waals surface area contributed by atoms with Crippen molar-refractivity contribution < 1.29 is 4.79 Å². The number of amides is 1. The first-order chi connectivity index (χ1) is 9.21. The second-order valence-corrected chi connectivity index (χ2v) is 5.25. The lowest BCUT2D eigenvalue weighted by molar-refractivity contribution is -0.132. The van der Waals surface area contributed by atoms with Crippen LogP contribution >= 0.6 is 0 Å². The predicted octanol–water partition coefficient (Wildman–Crippen LogP) is 1.11. The van der Waals surface area contributed by atoms with Crippen LogP contribution in [0.2, 0.25) is 0 Å². The van der Waals surface area contributed by atoms with Crippen molar-refractivity contribution in [2.75, 3.05) is 19.6 Å². The molecule has 1 heterocycles. The normalized spacial score (nSPS) is 18.7. The van der Waals surface area contributed by atoms with Gasteiger partial charge in [0.15, 0.2) is 0 Å². The van der Waals surface area contributed by atoms with E-state index in [4.69, 9.17) is 12.2 Å². The van der Waals surface area contributed by atoms with Crippen LogP contribution in [0.5, 0.6) is 0 Å². The number of hydrogen-bond donors (Lipinski definition) is 2. The molecule has 1 aliphatic rings. The maximum atomic E-state index is 12.2. The van der Waals surface area contributed by atoms with Crippen molar-refractivity contribution in [3.8, 4) is 12.3 Å². The van der Waals surface area contributed by atoms with Crippen molar-refractivity contribution in [3.63, 3.8) is 0 Å². The van der Waals surface area contributed by atoms with Gasteiger partial charge < -0.3 is 10.6 Å². The van der Waals surface area contributed by atoms with Crippen LogP contribution in [0, 0.1) is 12.3 Å². The van der Waals surface area contributed by atoms with Gasteiger partial charge in [-0.15, -0.1) is 6.42 Å². The summed E-state index contributed by atoms with van der Waals surface area (Å²) in [7, 11) is 0. The van der Waals surface area contributed by atoms with E-state index in [9.17, 15) is 4.79 Å². The monoisotopic (exact) mass is 265 g/mol. The number of nitrogens with one attached hydrogen (secondary N) is 1. The van der Waals surface area contributed by atoms with Crippen LogP contribution in [0.1, 0.15) is 45.4 Å². The van der Waals surface area contributed by atoms with Crippen LogP contribution in [0.15, 0.2) is 0 Å². The van der Waals surface area contributed by atoms with Crippen LogP contribution < -0.4 is 11.1 Å². The fourth-order valence-corrected chi connectivity index (χ4v) is 2.48. The number of likely N-dealkylation sites (tertiary alicyclic amines) is 1. The minimum Gasteiger partial charge on any atom is -0.343 e. The van der Waals surface area contributed by atoms with Crippen LogP contribution in [0.4, 0.5) is 0 Å². The van der Waals surface area contributed by atoms with Gasteiger partial charge in [0.2, 0.25) is 5.91 Å². The molecule has 1 saturated heterocycles. The van der Waals surface area contributed by atoms with Crippen molar-refractivity contribution in [1.82, 2.24) is 10.2 Å². The molecule has 0 aromatic rings. The van der Waals surface area contributed by atoms with E-state index < -0.39 is 0 Å². The molecule has 0 aliphatic carbocycles. The standard InChI is InChI=1S/C15H27N3O/c1-3-8-13(4-2)17-14(12-16)11-15(19)18-9-6-5-7-10-18/h2,13-14,17H,3,5-12,16H2,1H3. The van der Waals surface area contributed by atoms with Gasteiger partial charge in [-0.25, -0.2) is 0 Å². The zero-order valence-electron chi connectivity index (χ0n) is 12.0. The molecule has 0 aromatic carbocycles. The van der Waals surface area contributed by atoms with E-state index >= 15 is 0 Å². The molecule has 4 nitrogen and oxygen atoms in total. The number of rotatable bonds is 7. The van der Waals surface area contributed by atoms with Crippen molar-refractivity contribution in [2.24, 2.45) is 5.73 Å². The lowest BCUT2D eigenvalue weighted by atomic mass is 10.1. The van der Waals surface area contributed by atoms with Gasteiger partial charge >= 0.3 is 0 Å². The number of piperidine rings is 1. The van der Waals surface area contributed by atoms with Crippen molar-refractivity contribution >= 4 is 5.91 Å². The Morgan fingerprint density at radius 3 is 2.63 bits per heavy atom. The number of carbonyl (C=O) groups is 1. The average molecular weight is 265 g/mol. The summed E-state index contributed by atoms with van der Waals surface area (Å²) in [6.07, 6.45) is 11.4. The molecule has 1 amide bonds. The van der Waals surface area contributed by atoms with Gasteiger partial charge in [-0.3, -0.25) is 10.1 Å². The smallest absolute Gasteiger partial charge is 0.224 e. The van der Waals surface area contributed by atoms with E-state index in [-0.39, 0.29) is 18.0 Å². The topological polar surface area (TPSA) is 58.4 Å². The summed E-state index contributed by atoms with van der Waals surface area (Å²) in [5.74, 6) is 2.93. The first-order valence-electron chi connectivity index (χ1n) is 7.41. The molecule has 1 rings (SSSR count). The molecule has 19 heavy (non-hydrogen) atoms. The summed E-state index contributed by atoms with van der Waals surface area (Å²) in [5.41, 5.74) is 5.75. The number of carbonyl (C=O) groups excluding carboxylic acids is 1. The molecular weight excluding hydrogens is 238 g/mol. The molecule has 1 aliphatic heterocycles. The minimum absolute atomic E-state index is 0.0120. The molecule has 0 spiro atoms. The van der Waals surface area contributed by atoms with Crippen molar-refractivity contribution in [2.45, 2.75) is 57.5 Å². The van der Waals surface area contributed by atoms with Gasteiger partial charge in [0.05, 0.1) is 6.04 Å². The molecule has 0 bridgehead atoms. The molecule has 108 valence electrons. The van der Waals surface area contributed by atoms with E-state index in [1.165, 1.54) is 6.42 Å². The maximum Gasteiger partial charge on any atom is 0.224 e. The van der Waals surface area contributed by atoms with Gasteiger partial charge in [0.25, 0.3) is 0 Å². The largest absolute Gasteiger partial charge is 0.343 e. The molecule has 1 fully saturated rings. The fourth-order valence-electron chi connectivity index (χ4n) is 2.48. The third-order valence-electron chi connectivity index (χ3n) is 3.63. The molecule has 2 unspecified atom stereocenters. The number of hydrogen-bond acceptors (Lipinski definition) is 3. The Morgan fingerprint density at radius 1 is 1.42 bits per heavy atom. The molecule has 0 radical (unpaired) electrons. The molecule has 4 heteroatoms. The summed E-state index contributed by atoms with van der Waals surface area (Å²) < 4.78 is 0. The SMILES string of the molecule is C#CC(CCC)NC(CN)CC(=O)N1CCCCC1. The Hall–Kier alpha value is -1.05. The van der Waals surface area contributed by atoms with Gasteiger partial charge in [-0.1, -0.05) is 19.3 Å². The highest BCUT2D eigenvalue weighted by Crippen LogP contribution is 2.11. The zero-order chi connectivity index (χ0) is 14.1. The Balaban J connectivity index is 2.42. The summed E-state index contributed by atoms with van der Waals surface area (Å²) in [6.45, 7) is 4.33. The van der Waals surface area contributed by atoms with E-state index in [1.54, 1.807) is 0 Å². The van der Waals surface area contributed by atoms with E-state index in [0.717, 1.165) is 38.8 Å². The third kappa shape index (κ3) is 5.63. The maximum absolute atomic E-state index is 12.2. The van der Waals surface area contributed by atoms with Crippen LogP contribution in [0.25, 0.3) is 0 Å². The van der Waals surface area contributed by atoms with Gasteiger partial charge in [0, 0.05) is 32.1 Å². The Labute approximate surface area is 117 Å². The third-order valence-corrected chi connectivity index (χ3v) is 3.63. The van der Waals surface area contributed by atoms with Crippen LogP contribution in [-0.4, -0.2) is 42.5 Å². The second kappa shape index (κ2) is 8.95. The quantitative estimate of drug-likeness (QED) is 0.678. The lowest BCUT2D eigenvalue weighted by Gasteiger charge is -2.29. The molecule has 2 atom stereocenters. The minimum atomic E-state index is -0.0120. The molecule has 0 aromatic heterocycles. The fraction of sp³-hybridized carbons (Fsp3) is 0.800. The lowest BCUT2D eigenvalue weighted by Crippen LogP contribution is -2.46. The first-order valence-corrected chi connectivity index (χ1v) is 7.41. The molecule has 3 N–H and O–H groups in total. The van der Waals surface area contributed by atoms with E-state index in [2.05, 4.69) is 18.2 Å². The summed E-state index contributed by atoms with van der Waals surface area (Å²) in [6, 6.07) is 0.00901. The molecule has 0 saturated carbocycles. The molecular formula is C15H27N3O. The summed E-state index contributed by atoms with van der Waals surface area (Å²) in [5, 5.41) is 3.32. The number of nitrogens with two attached hydrogens (primary N) is 1. The van der Waals surface area contributed by atoms with Crippen LogP contribution in [0.3, 0.4) is 0 Å². The highest BCUT2D eigenvalue weighted by Gasteiger charge is 2.21. The van der Waals surface area contributed by atoms with Gasteiger partial charge in [0.1, 0.15) is 0 Å². The van der Waals surface area contributed by atoms with Gasteiger partial charge in [-0.2, -0.15) is 0 Å². The Kier molecular flexibility index (Phi) is 7.54.